The van der Waals surface area contributed by atoms with E-state index in [1.807, 2.05) is 16.7 Å². The summed E-state index contributed by atoms with van der Waals surface area (Å²) >= 11 is 1.27. The number of hydrogen-bond donors (Lipinski definition) is 2. The molecular weight excluding hydrogens is 354 g/mol. The Morgan fingerprint density at radius 1 is 1.27 bits per heavy atom. The molecule has 0 aliphatic carbocycles. The summed E-state index contributed by atoms with van der Waals surface area (Å²) in [5.41, 5.74) is 1.05. The molecule has 8 nitrogen and oxygen atoms in total. The minimum absolute atomic E-state index is 0.168. The van der Waals surface area contributed by atoms with Crippen molar-refractivity contribution in [1.29, 1.82) is 0 Å². The largest absolute Gasteiger partial charge is 0.467 e. The molecule has 0 unspecified atom stereocenters. The first-order chi connectivity index (χ1) is 12.7. The predicted molar refractivity (Wildman–Crippen MR) is 97.0 cm³/mol. The Labute approximate surface area is 154 Å². The maximum atomic E-state index is 12.2. The average Bonchev–Trinajstić information content (AvgIpc) is 3.32. The maximum Gasteiger partial charge on any atom is 0.251 e. The second-order valence-corrected chi connectivity index (χ2v) is 6.26. The van der Waals surface area contributed by atoms with Crippen LogP contribution in [0.1, 0.15) is 16.1 Å². The molecule has 3 rings (SSSR count). The van der Waals surface area contributed by atoms with E-state index in [0.29, 0.717) is 23.0 Å². The molecule has 0 saturated heterocycles. The lowest BCUT2D eigenvalue weighted by Crippen LogP contribution is -2.19. The highest BCUT2D eigenvalue weighted by Gasteiger charge is 2.11. The lowest BCUT2D eigenvalue weighted by atomic mass is 10.2. The number of furan rings is 1. The predicted octanol–water partition coefficient (Wildman–Crippen LogP) is 2.01. The first-order valence-electron chi connectivity index (χ1n) is 7.80. The lowest BCUT2D eigenvalue weighted by Gasteiger charge is -2.07. The molecule has 2 aromatic heterocycles. The zero-order chi connectivity index (χ0) is 18.4. The van der Waals surface area contributed by atoms with E-state index in [1.54, 1.807) is 43.9 Å². The molecule has 2 amide bonds. The van der Waals surface area contributed by atoms with Crippen molar-refractivity contribution in [2.45, 2.75) is 11.7 Å². The molecule has 0 spiro atoms. The number of benzene rings is 1. The molecule has 0 aliphatic heterocycles. The minimum atomic E-state index is -0.207. The molecule has 26 heavy (non-hydrogen) atoms. The van der Waals surface area contributed by atoms with Gasteiger partial charge in [0.1, 0.15) is 12.1 Å². The van der Waals surface area contributed by atoms with Crippen LogP contribution in [0.2, 0.25) is 0 Å². The summed E-state index contributed by atoms with van der Waals surface area (Å²) in [5.74, 6) is 0.543. The Hall–Kier alpha value is -3.07. The van der Waals surface area contributed by atoms with E-state index in [2.05, 4.69) is 20.8 Å². The third-order valence-corrected chi connectivity index (χ3v) is 4.44. The number of rotatable bonds is 7. The van der Waals surface area contributed by atoms with Crippen LogP contribution >= 0.6 is 11.8 Å². The third-order valence-electron chi connectivity index (χ3n) is 3.45. The topological polar surface area (TPSA) is 102 Å². The van der Waals surface area contributed by atoms with Crippen LogP contribution in [0.3, 0.4) is 0 Å². The van der Waals surface area contributed by atoms with Gasteiger partial charge in [-0.05, 0) is 30.3 Å². The number of hydrogen-bond acceptors (Lipinski definition) is 6. The summed E-state index contributed by atoms with van der Waals surface area (Å²) in [6.45, 7) is 0.498. The van der Waals surface area contributed by atoms with Gasteiger partial charge in [-0.2, -0.15) is 0 Å². The Morgan fingerprint density at radius 2 is 2.15 bits per heavy atom. The molecule has 3 aromatic rings. The van der Waals surface area contributed by atoms with E-state index in [9.17, 15) is 9.59 Å². The van der Waals surface area contributed by atoms with E-state index < -0.39 is 0 Å². The molecular formula is C17H17N5O3S. The Balaban J connectivity index is 1.57. The monoisotopic (exact) mass is 371 g/mol. The second-order valence-electron chi connectivity index (χ2n) is 5.32. The van der Waals surface area contributed by atoms with E-state index in [1.165, 1.54) is 11.8 Å². The van der Waals surface area contributed by atoms with Gasteiger partial charge in [-0.3, -0.25) is 9.59 Å². The van der Waals surface area contributed by atoms with Gasteiger partial charge in [0.25, 0.3) is 5.91 Å². The number of thioether (sulfide) groups is 1. The SMILES string of the molecule is CNC(=O)c1cccc(NC(=O)CSc2nncn2Cc2ccco2)c1. The third kappa shape index (κ3) is 4.51. The Morgan fingerprint density at radius 3 is 2.92 bits per heavy atom. The molecule has 1 aromatic carbocycles. The standard InChI is InChI=1S/C17H17N5O3S/c1-18-16(24)12-4-2-5-13(8-12)20-15(23)10-26-17-21-19-11-22(17)9-14-6-3-7-25-14/h2-8,11H,9-10H2,1H3,(H,18,24)(H,20,23). The number of carbonyl (C=O) groups is 2. The fraction of sp³-hybridized carbons (Fsp3) is 0.176. The molecule has 0 atom stereocenters. The van der Waals surface area contributed by atoms with Crippen molar-refractivity contribution in [3.63, 3.8) is 0 Å². The minimum Gasteiger partial charge on any atom is -0.467 e. The number of nitrogens with zero attached hydrogens (tertiary/aromatic N) is 3. The number of amides is 2. The van der Waals surface area contributed by atoms with Crippen LogP contribution in [0.15, 0.2) is 58.6 Å². The van der Waals surface area contributed by atoms with Gasteiger partial charge in [0.15, 0.2) is 5.16 Å². The molecule has 0 saturated carbocycles. The number of carbonyl (C=O) groups excluding carboxylic acids is 2. The summed E-state index contributed by atoms with van der Waals surface area (Å²) in [4.78, 5) is 23.8. The Bertz CT molecular complexity index is 891. The van der Waals surface area contributed by atoms with Crippen molar-refractivity contribution in [1.82, 2.24) is 20.1 Å². The molecule has 9 heteroatoms. The van der Waals surface area contributed by atoms with Crippen LogP contribution in [0.4, 0.5) is 5.69 Å². The van der Waals surface area contributed by atoms with Crippen LogP contribution in [-0.2, 0) is 11.3 Å². The van der Waals surface area contributed by atoms with Gasteiger partial charge >= 0.3 is 0 Å². The second kappa shape index (κ2) is 8.34. The van der Waals surface area contributed by atoms with Crippen LogP contribution < -0.4 is 10.6 Å². The van der Waals surface area contributed by atoms with E-state index in [-0.39, 0.29) is 17.6 Å². The normalized spacial score (nSPS) is 10.5. The van der Waals surface area contributed by atoms with Crippen molar-refractivity contribution in [3.05, 3.63) is 60.3 Å². The summed E-state index contributed by atoms with van der Waals surface area (Å²) in [7, 11) is 1.56. The van der Waals surface area contributed by atoms with Crippen LogP contribution in [0, 0.1) is 0 Å². The van der Waals surface area contributed by atoms with Gasteiger partial charge in [0, 0.05) is 18.3 Å². The smallest absolute Gasteiger partial charge is 0.251 e. The fourth-order valence-electron chi connectivity index (χ4n) is 2.24. The lowest BCUT2D eigenvalue weighted by molar-refractivity contribution is -0.113. The molecule has 134 valence electrons. The van der Waals surface area contributed by atoms with Gasteiger partial charge in [0.05, 0.1) is 18.6 Å². The number of anilines is 1. The summed E-state index contributed by atoms with van der Waals surface area (Å²) < 4.78 is 7.12. The van der Waals surface area contributed by atoms with Crippen molar-refractivity contribution in [2.24, 2.45) is 0 Å². The van der Waals surface area contributed by atoms with Crippen LogP contribution in [0.5, 0.6) is 0 Å². The zero-order valence-corrected chi connectivity index (χ0v) is 14.8. The van der Waals surface area contributed by atoms with Crippen molar-refractivity contribution < 1.29 is 14.0 Å². The number of nitrogens with one attached hydrogen (secondary N) is 2. The molecule has 0 aliphatic rings. The van der Waals surface area contributed by atoms with Gasteiger partial charge in [-0.15, -0.1) is 10.2 Å². The first-order valence-corrected chi connectivity index (χ1v) is 8.79. The van der Waals surface area contributed by atoms with E-state index in [4.69, 9.17) is 4.42 Å². The molecule has 2 heterocycles. The van der Waals surface area contributed by atoms with Gasteiger partial charge < -0.3 is 19.6 Å². The van der Waals surface area contributed by atoms with Crippen LogP contribution in [0.25, 0.3) is 0 Å². The van der Waals surface area contributed by atoms with E-state index >= 15 is 0 Å². The highest BCUT2D eigenvalue weighted by molar-refractivity contribution is 7.99. The van der Waals surface area contributed by atoms with Crippen molar-refractivity contribution in [3.8, 4) is 0 Å². The summed E-state index contributed by atoms with van der Waals surface area (Å²) in [5, 5.41) is 13.8. The highest BCUT2D eigenvalue weighted by atomic mass is 32.2. The van der Waals surface area contributed by atoms with Gasteiger partial charge in [0.2, 0.25) is 5.91 Å². The average molecular weight is 371 g/mol. The molecule has 2 N–H and O–H groups in total. The molecule has 0 radical (unpaired) electrons. The Kier molecular flexibility index (Phi) is 5.69. The molecule has 0 fully saturated rings. The van der Waals surface area contributed by atoms with Crippen LogP contribution in [-0.4, -0.2) is 39.4 Å². The van der Waals surface area contributed by atoms with E-state index in [0.717, 1.165) is 5.76 Å². The van der Waals surface area contributed by atoms with Gasteiger partial charge in [-0.1, -0.05) is 17.8 Å². The summed E-state index contributed by atoms with van der Waals surface area (Å²) in [6.07, 6.45) is 3.20. The zero-order valence-electron chi connectivity index (χ0n) is 14.0. The summed E-state index contributed by atoms with van der Waals surface area (Å²) in [6, 6.07) is 10.4. The van der Waals surface area contributed by atoms with Crippen molar-refractivity contribution >= 4 is 29.3 Å². The maximum absolute atomic E-state index is 12.2. The number of aromatic nitrogens is 3. The van der Waals surface area contributed by atoms with Crippen molar-refractivity contribution in [2.75, 3.05) is 18.1 Å². The highest BCUT2D eigenvalue weighted by Crippen LogP contribution is 2.17. The fourth-order valence-corrected chi connectivity index (χ4v) is 2.96. The quantitative estimate of drug-likeness (QED) is 0.616. The first kappa shape index (κ1) is 17.7. The van der Waals surface area contributed by atoms with Gasteiger partial charge in [-0.25, -0.2) is 0 Å². The molecule has 0 bridgehead atoms.